The zero-order valence-electron chi connectivity index (χ0n) is 16.4. The van der Waals surface area contributed by atoms with Gasteiger partial charge < -0.3 is 10.3 Å². The number of anilines is 1. The molecule has 1 unspecified atom stereocenters. The minimum Gasteiger partial charge on any atom is -0.361 e. The average molecular weight is 396 g/mol. The van der Waals surface area contributed by atoms with Gasteiger partial charge in [0, 0.05) is 41.6 Å². The molecule has 1 aliphatic carbocycles. The van der Waals surface area contributed by atoms with Crippen molar-refractivity contribution in [2.45, 2.75) is 51.6 Å². The summed E-state index contributed by atoms with van der Waals surface area (Å²) in [5.74, 6) is 0.381. The van der Waals surface area contributed by atoms with E-state index in [1.165, 1.54) is 33.4 Å². The highest BCUT2D eigenvalue weighted by Gasteiger charge is 2.43. The van der Waals surface area contributed by atoms with E-state index in [1.807, 2.05) is 6.92 Å². The minimum atomic E-state index is -0.0522. The van der Waals surface area contributed by atoms with E-state index < -0.39 is 0 Å². The fourth-order valence-corrected chi connectivity index (χ4v) is 5.67. The molecular formula is C21H25N5OS. The van der Waals surface area contributed by atoms with Gasteiger partial charge in [0.25, 0.3) is 0 Å². The molecule has 3 atom stereocenters. The second-order valence-electron chi connectivity index (χ2n) is 8.30. The molecule has 0 radical (unpaired) electrons. The van der Waals surface area contributed by atoms with Crippen molar-refractivity contribution in [2.24, 2.45) is 5.92 Å². The van der Waals surface area contributed by atoms with E-state index in [0.717, 1.165) is 24.4 Å². The van der Waals surface area contributed by atoms with Crippen LogP contribution in [0.3, 0.4) is 0 Å². The third-order valence-corrected chi connectivity index (χ3v) is 7.05. The molecule has 2 N–H and O–H groups in total. The second-order valence-corrected chi connectivity index (χ2v) is 9.48. The van der Waals surface area contributed by atoms with E-state index in [-0.39, 0.29) is 11.8 Å². The molecule has 2 aliphatic rings. The molecule has 1 aliphatic heterocycles. The first-order valence-electron chi connectivity index (χ1n) is 9.97. The molecule has 2 aromatic heterocycles. The van der Waals surface area contributed by atoms with Crippen LogP contribution in [0.2, 0.25) is 0 Å². The predicted molar refractivity (Wildman–Crippen MR) is 112 cm³/mol. The van der Waals surface area contributed by atoms with E-state index in [9.17, 15) is 4.79 Å². The molecule has 0 saturated carbocycles. The summed E-state index contributed by atoms with van der Waals surface area (Å²) in [4.78, 5) is 19.0. The molecule has 1 fully saturated rings. The standard InChI is InChI=1S/C21H25N5OS/c1-11(2)26-10-14(20(27)23-21-25-24-12(3)28-21)7-16-15-5-4-6-17-19(15)13(9-22-17)8-18(16)26/h4-6,9,11,14,16,18,22H,7-8,10H2,1-3H3,(H,23,25,27)/t14?,16-,18-/m1/s1. The highest BCUT2D eigenvalue weighted by molar-refractivity contribution is 7.15. The molecule has 0 spiro atoms. The molecule has 0 bridgehead atoms. The first kappa shape index (κ1) is 17.8. The maximum Gasteiger partial charge on any atom is 0.230 e. The Bertz CT molecular complexity index is 1040. The van der Waals surface area contributed by atoms with Crippen molar-refractivity contribution in [3.8, 4) is 0 Å². The number of aromatic amines is 1. The zero-order chi connectivity index (χ0) is 19.4. The summed E-state index contributed by atoms with van der Waals surface area (Å²) in [6.45, 7) is 7.16. The van der Waals surface area contributed by atoms with E-state index in [0.29, 0.717) is 23.1 Å². The van der Waals surface area contributed by atoms with Gasteiger partial charge in [-0.25, -0.2) is 0 Å². The van der Waals surface area contributed by atoms with Crippen molar-refractivity contribution in [2.75, 3.05) is 11.9 Å². The lowest BCUT2D eigenvalue weighted by atomic mass is 9.71. The van der Waals surface area contributed by atoms with Gasteiger partial charge in [-0.2, -0.15) is 0 Å². The Balaban J connectivity index is 1.48. The number of likely N-dealkylation sites (tertiary alicyclic amines) is 1. The third-order valence-electron chi connectivity index (χ3n) is 6.30. The number of piperidine rings is 1. The fraction of sp³-hybridized carbons (Fsp3) is 0.476. The molecule has 1 saturated heterocycles. The fourth-order valence-electron chi connectivity index (χ4n) is 5.07. The van der Waals surface area contributed by atoms with Gasteiger partial charge in [-0.3, -0.25) is 9.69 Å². The Morgan fingerprint density at radius 3 is 2.96 bits per heavy atom. The maximum absolute atomic E-state index is 13.1. The smallest absolute Gasteiger partial charge is 0.230 e. The van der Waals surface area contributed by atoms with Crippen LogP contribution in [0.25, 0.3) is 10.9 Å². The molecule has 1 aromatic carbocycles. The van der Waals surface area contributed by atoms with E-state index in [1.54, 1.807) is 0 Å². The second kappa shape index (κ2) is 6.67. The summed E-state index contributed by atoms with van der Waals surface area (Å²) in [6.07, 6.45) is 4.09. The number of amides is 1. The molecule has 7 heteroatoms. The number of rotatable bonds is 3. The SMILES string of the molecule is Cc1nnc(NC(=O)C2C[C@@H]3c4cccc5[nH]cc(c45)C[C@H]3N(C(C)C)C2)s1. The number of nitrogens with zero attached hydrogens (tertiary/aromatic N) is 3. The number of aryl methyl sites for hydroxylation is 1. The summed E-state index contributed by atoms with van der Waals surface area (Å²) in [7, 11) is 0. The number of aromatic nitrogens is 3. The van der Waals surface area contributed by atoms with Crippen molar-refractivity contribution in [1.29, 1.82) is 0 Å². The molecule has 146 valence electrons. The normalized spacial score (nSPS) is 24.5. The van der Waals surface area contributed by atoms with Crippen LogP contribution in [0.1, 0.15) is 42.3 Å². The molecule has 3 aromatic rings. The quantitative estimate of drug-likeness (QED) is 0.709. The van der Waals surface area contributed by atoms with Gasteiger partial charge in [0.2, 0.25) is 11.0 Å². The van der Waals surface area contributed by atoms with Crippen LogP contribution >= 0.6 is 11.3 Å². The molecule has 1 amide bonds. The van der Waals surface area contributed by atoms with Gasteiger partial charge in [-0.1, -0.05) is 23.5 Å². The lowest BCUT2D eigenvalue weighted by Gasteiger charge is -2.48. The Hall–Kier alpha value is -2.25. The van der Waals surface area contributed by atoms with Gasteiger partial charge in [-0.05, 0) is 50.8 Å². The summed E-state index contributed by atoms with van der Waals surface area (Å²) in [6, 6.07) is 7.37. The van der Waals surface area contributed by atoms with Gasteiger partial charge >= 0.3 is 0 Å². The number of hydrogen-bond donors (Lipinski definition) is 2. The Morgan fingerprint density at radius 2 is 2.21 bits per heavy atom. The van der Waals surface area contributed by atoms with E-state index >= 15 is 0 Å². The number of H-pyrrole nitrogens is 1. The number of fused-ring (bicyclic) bond motifs is 2. The van der Waals surface area contributed by atoms with Crippen LogP contribution in [0.4, 0.5) is 5.13 Å². The topological polar surface area (TPSA) is 73.9 Å². The third kappa shape index (κ3) is 2.84. The van der Waals surface area contributed by atoms with Crippen molar-refractivity contribution in [3.05, 3.63) is 40.5 Å². The average Bonchev–Trinajstić information content (AvgIpc) is 3.28. The molecule has 5 rings (SSSR count). The molecule has 3 heterocycles. The van der Waals surface area contributed by atoms with Crippen LogP contribution in [-0.4, -0.2) is 44.6 Å². The van der Waals surface area contributed by atoms with Gasteiger partial charge in [0.15, 0.2) is 0 Å². The first-order chi connectivity index (χ1) is 13.5. The van der Waals surface area contributed by atoms with Crippen molar-refractivity contribution >= 4 is 33.3 Å². The first-order valence-corrected chi connectivity index (χ1v) is 10.8. The van der Waals surface area contributed by atoms with Crippen LogP contribution in [0.5, 0.6) is 0 Å². The number of benzene rings is 1. The minimum absolute atomic E-state index is 0.0522. The summed E-state index contributed by atoms with van der Waals surface area (Å²) < 4.78 is 0. The largest absolute Gasteiger partial charge is 0.361 e. The lowest BCUT2D eigenvalue weighted by Crippen LogP contribution is -2.54. The van der Waals surface area contributed by atoms with E-state index in [2.05, 4.69) is 63.6 Å². The number of carbonyl (C=O) groups excluding carboxylic acids is 1. The molecule has 28 heavy (non-hydrogen) atoms. The number of hydrogen-bond acceptors (Lipinski definition) is 5. The van der Waals surface area contributed by atoms with Gasteiger partial charge in [-0.15, -0.1) is 10.2 Å². The van der Waals surface area contributed by atoms with Gasteiger partial charge in [0.05, 0.1) is 5.92 Å². The Morgan fingerprint density at radius 1 is 1.36 bits per heavy atom. The molecule has 6 nitrogen and oxygen atoms in total. The Labute approximate surface area is 168 Å². The van der Waals surface area contributed by atoms with Crippen LogP contribution in [-0.2, 0) is 11.2 Å². The van der Waals surface area contributed by atoms with Crippen LogP contribution < -0.4 is 5.32 Å². The Kier molecular flexibility index (Phi) is 4.25. The molecular weight excluding hydrogens is 370 g/mol. The summed E-state index contributed by atoms with van der Waals surface area (Å²) >= 11 is 1.43. The van der Waals surface area contributed by atoms with Gasteiger partial charge in [0.1, 0.15) is 5.01 Å². The monoisotopic (exact) mass is 395 g/mol. The number of nitrogens with one attached hydrogen (secondary N) is 2. The highest BCUT2D eigenvalue weighted by atomic mass is 32.1. The summed E-state index contributed by atoms with van der Waals surface area (Å²) in [5.41, 5.74) is 4.00. The van der Waals surface area contributed by atoms with Crippen LogP contribution in [0, 0.1) is 12.8 Å². The van der Waals surface area contributed by atoms with Crippen molar-refractivity contribution < 1.29 is 4.79 Å². The van der Waals surface area contributed by atoms with Crippen LogP contribution in [0.15, 0.2) is 24.4 Å². The van der Waals surface area contributed by atoms with Crippen molar-refractivity contribution in [1.82, 2.24) is 20.1 Å². The maximum atomic E-state index is 13.1. The predicted octanol–water partition coefficient (Wildman–Crippen LogP) is 3.71. The van der Waals surface area contributed by atoms with E-state index in [4.69, 9.17) is 0 Å². The number of carbonyl (C=O) groups is 1. The summed E-state index contributed by atoms with van der Waals surface area (Å²) in [5, 5.41) is 13.9. The van der Waals surface area contributed by atoms with Crippen molar-refractivity contribution in [3.63, 3.8) is 0 Å². The zero-order valence-corrected chi connectivity index (χ0v) is 17.2. The highest BCUT2D eigenvalue weighted by Crippen LogP contribution is 2.45. The lowest BCUT2D eigenvalue weighted by molar-refractivity contribution is -0.123.